The van der Waals surface area contributed by atoms with Gasteiger partial charge < -0.3 is 42.2 Å². The van der Waals surface area contributed by atoms with Gasteiger partial charge in [-0.05, 0) is 7.05 Å². The Kier molecular flexibility index (Phi) is 7.21. The minimum atomic E-state index is -1.07. The van der Waals surface area contributed by atoms with Gasteiger partial charge in [0.25, 0.3) is 0 Å². The number of rotatable bonds is 8. The smallest absolute Gasteiger partial charge is 0.370 e. The molecule has 22 heavy (non-hydrogen) atoms. The maximum absolute atomic E-state index is 11.6. The van der Waals surface area contributed by atoms with Crippen molar-refractivity contribution < 1.29 is 24.8 Å². The second-order valence-corrected chi connectivity index (χ2v) is 3.41. The summed E-state index contributed by atoms with van der Waals surface area (Å²) in [6.45, 7) is 0.550. The Hall–Kier alpha value is -2.63. The summed E-state index contributed by atoms with van der Waals surface area (Å²) in [5.41, 5.74) is 0. The Morgan fingerprint density at radius 2 is 1.23 bits per heavy atom. The second-order valence-electron chi connectivity index (χ2n) is 3.41. The molecule has 0 aliphatic rings. The molecule has 0 aromatic carbocycles. The molecule has 0 spiro atoms. The van der Waals surface area contributed by atoms with E-state index in [1.165, 1.54) is 14.0 Å². The third-order valence-electron chi connectivity index (χ3n) is 1.70. The van der Waals surface area contributed by atoms with Crippen molar-refractivity contribution in [3.63, 3.8) is 0 Å². The number of nitrogens with one attached hydrogen (secondary N) is 8. The minimum Gasteiger partial charge on any atom is -0.370 e. The van der Waals surface area contributed by atoms with E-state index in [1.54, 1.807) is 0 Å². The van der Waals surface area contributed by atoms with Crippen molar-refractivity contribution in [1.29, 1.82) is 0 Å². The third-order valence-corrected chi connectivity index (χ3v) is 1.70. The fourth-order valence-corrected chi connectivity index (χ4v) is 0.821. The molecular formula is C8H18B2N8O4. The highest BCUT2D eigenvalue weighted by molar-refractivity contribution is 6.38. The van der Waals surface area contributed by atoms with Gasteiger partial charge in [-0.15, -0.1) is 0 Å². The zero-order chi connectivity index (χ0) is 20.3. The molecule has 0 heterocycles. The van der Waals surface area contributed by atoms with Crippen molar-refractivity contribution in [2.75, 3.05) is 20.4 Å². The van der Waals surface area contributed by atoms with Crippen molar-refractivity contribution in [2.24, 2.45) is 0 Å². The molecule has 0 bridgehead atoms. The van der Waals surface area contributed by atoms with E-state index >= 15 is 0 Å². The lowest BCUT2D eigenvalue weighted by Gasteiger charge is -2.09. The van der Waals surface area contributed by atoms with E-state index in [-0.39, 0.29) is 17.1 Å². The van der Waals surface area contributed by atoms with Crippen LogP contribution < -0.4 is 42.2 Å². The van der Waals surface area contributed by atoms with Crippen LogP contribution in [0.25, 0.3) is 0 Å². The average molecular weight is 316 g/mol. The Labute approximate surface area is 134 Å². The summed E-state index contributed by atoms with van der Waals surface area (Å²) in [6.07, 6.45) is 0. The maximum atomic E-state index is 11.6. The molecule has 12 nitrogen and oxygen atoms in total. The predicted molar refractivity (Wildman–Crippen MR) is 79.1 cm³/mol. The normalized spacial score (nSPS) is 11.6. The topological polar surface area (TPSA) is 165 Å². The molecular weight excluding hydrogens is 294 g/mol. The van der Waals surface area contributed by atoms with E-state index in [4.69, 9.17) is 5.65 Å². The molecule has 0 aliphatic heterocycles. The molecule has 0 saturated carbocycles. The van der Waals surface area contributed by atoms with Crippen LogP contribution in [0.4, 0.5) is 14.4 Å². The minimum absolute atomic E-state index is 0.124. The lowest BCUT2D eigenvalue weighted by molar-refractivity contribution is -0.118. The standard InChI is InChI=1S/C8H18B2N8O4/c1-5(19)12-3-13-7(21)17-10-18-8(22)15-4-14-6(20)16-9-11-2/h11H,3-4H2,1-2H3,(H,12,19)(H2,13,17,21)(H2,14,16,20)(H2,15,18,22)/i11D/hD3. The first-order valence-electron chi connectivity index (χ1n) is 7.67. The second kappa shape index (κ2) is 12.1. The van der Waals surface area contributed by atoms with Crippen molar-refractivity contribution in [1.82, 2.24) is 42.2 Å². The summed E-state index contributed by atoms with van der Waals surface area (Å²) in [5.74, 6) is -0.396. The Morgan fingerprint density at radius 3 is 1.64 bits per heavy atom. The van der Waals surface area contributed by atoms with Crippen LogP contribution in [0.1, 0.15) is 6.92 Å². The summed E-state index contributed by atoms with van der Waals surface area (Å²) in [6, 6.07) is -3.02. The summed E-state index contributed by atoms with van der Waals surface area (Å²) in [5, 5.41) is 9.88. The fraction of sp³-hybridized carbons (Fsp3) is 0.500. The quantitative estimate of drug-likeness (QED) is 0.170. The Bertz CT molecular complexity index is 519. The number of amides is 7. The summed E-state index contributed by atoms with van der Waals surface area (Å²) in [7, 11) is 2.66. The largest absolute Gasteiger partial charge is 0.393 e. The number of hydrogen-bond donors (Lipinski definition) is 8. The van der Waals surface area contributed by atoms with Crippen LogP contribution in [0.15, 0.2) is 0 Å². The van der Waals surface area contributed by atoms with E-state index in [0.717, 1.165) is 7.55 Å². The van der Waals surface area contributed by atoms with Crippen molar-refractivity contribution in [3.8, 4) is 0 Å². The lowest BCUT2D eigenvalue weighted by atomic mass is 10.2. The SMILES string of the molecule is [2H]N(C)[B]N([2H])C(=O)NCNC(=O)N([2H])[B]N([2H])C(=O)NCNC(C)=O. The zero-order valence-electron chi connectivity index (χ0n) is 16.0. The first kappa shape index (κ1) is 13.1. The van der Waals surface area contributed by atoms with Crippen molar-refractivity contribution in [2.45, 2.75) is 6.92 Å². The van der Waals surface area contributed by atoms with Crippen LogP contribution in [0.5, 0.6) is 0 Å². The molecule has 0 unspecified atom stereocenters. The first-order valence-corrected chi connectivity index (χ1v) is 5.88. The molecule has 7 amide bonds. The summed E-state index contributed by atoms with van der Waals surface area (Å²) < 4.78 is 29.0. The van der Waals surface area contributed by atoms with Gasteiger partial charge in [-0.3, -0.25) is 19.2 Å². The van der Waals surface area contributed by atoms with Gasteiger partial charge >= 0.3 is 33.2 Å². The van der Waals surface area contributed by atoms with Gasteiger partial charge in [0, 0.05) is 6.92 Å². The van der Waals surface area contributed by atoms with E-state index in [1.807, 2.05) is 0 Å². The molecule has 8 N–H and O–H groups in total. The van der Waals surface area contributed by atoms with Crippen LogP contribution in [-0.2, 0) is 4.79 Å². The van der Waals surface area contributed by atoms with Crippen LogP contribution in [0.3, 0.4) is 0 Å². The van der Waals surface area contributed by atoms with Crippen LogP contribution >= 0.6 is 0 Å². The Morgan fingerprint density at radius 1 is 0.818 bits per heavy atom. The molecule has 120 valence electrons. The van der Waals surface area contributed by atoms with Crippen molar-refractivity contribution >= 4 is 39.1 Å². The van der Waals surface area contributed by atoms with Crippen LogP contribution in [0.2, 0.25) is 5.65 Å². The predicted octanol–water partition coefficient (Wildman–Crippen LogP) is -3.78. The van der Waals surface area contributed by atoms with Gasteiger partial charge in [0.15, 0.2) is 0 Å². The van der Waals surface area contributed by atoms with Crippen LogP contribution in [-0.4, -0.2) is 59.5 Å². The molecule has 0 atom stereocenters. The molecule has 0 rings (SSSR count). The maximum Gasteiger partial charge on any atom is 0.393 e. The molecule has 0 aromatic rings. The Balaban J connectivity index is 4.13. The van der Waals surface area contributed by atoms with E-state index in [2.05, 4.69) is 21.3 Å². The summed E-state index contributed by atoms with van der Waals surface area (Å²) >= 11 is 0. The monoisotopic (exact) mass is 316 g/mol. The lowest BCUT2D eigenvalue weighted by Crippen LogP contribution is -2.52. The highest BCUT2D eigenvalue weighted by Gasteiger charge is 2.05. The number of carbonyl (C=O) groups excluding carboxylic acids is 4. The van der Waals surface area contributed by atoms with Gasteiger partial charge in [-0.1, -0.05) is 0 Å². The van der Waals surface area contributed by atoms with Gasteiger partial charge in [0.1, 0.15) is 5.65 Å². The fourth-order valence-electron chi connectivity index (χ4n) is 0.821. The van der Waals surface area contributed by atoms with Gasteiger partial charge in [-0.25, -0.2) is 0 Å². The molecule has 0 fully saturated rings. The average Bonchev–Trinajstić information content (AvgIpc) is 2.53. The number of carbonyl (C=O) groups is 4. The zero-order valence-corrected chi connectivity index (χ0v) is 12.0. The highest BCUT2D eigenvalue weighted by Crippen LogP contribution is 1.65. The van der Waals surface area contributed by atoms with E-state index in [9.17, 15) is 19.2 Å². The van der Waals surface area contributed by atoms with E-state index in [0.29, 0.717) is 18.0 Å². The van der Waals surface area contributed by atoms with Gasteiger partial charge in [0.05, 0.1) is 13.3 Å². The van der Waals surface area contributed by atoms with Crippen LogP contribution in [0, 0.1) is 0 Å². The third kappa shape index (κ3) is 12.4. The molecule has 14 heteroatoms. The molecule has 2 radical (unpaired) electrons. The summed E-state index contributed by atoms with van der Waals surface area (Å²) in [4.78, 5) is 45.0. The van der Waals surface area contributed by atoms with E-state index < -0.39 is 30.7 Å². The molecule has 0 aromatic heterocycles. The van der Waals surface area contributed by atoms with Gasteiger partial charge in [0.2, 0.25) is 5.91 Å². The number of urea groups is 3. The van der Waals surface area contributed by atoms with Crippen molar-refractivity contribution in [3.05, 3.63) is 0 Å². The number of hydrogen-bond acceptors (Lipinski definition) is 5. The molecule has 0 saturated heterocycles. The molecule has 0 aliphatic carbocycles. The highest BCUT2D eigenvalue weighted by atomic mass is 16.2. The first-order chi connectivity index (χ1) is 12.0. The van der Waals surface area contributed by atoms with Gasteiger partial charge in [-0.2, -0.15) is 0 Å².